The van der Waals surface area contributed by atoms with Crippen molar-refractivity contribution in [1.82, 2.24) is 0 Å². The number of ether oxygens (including phenoxy) is 2. The van der Waals surface area contributed by atoms with Crippen molar-refractivity contribution in [2.75, 3.05) is 17.7 Å². The summed E-state index contributed by atoms with van der Waals surface area (Å²) < 4.78 is 11.6. The van der Waals surface area contributed by atoms with Crippen molar-refractivity contribution in [3.8, 4) is 11.5 Å². The highest BCUT2D eigenvalue weighted by Gasteiger charge is 2.14. The molecule has 0 unspecified atom stereocenters. The van der Waals surface area contributed by atoms with E-state index in [1.54, 1.807) is 13.2 Å². The highest BCUT2D eigenvalue weighted by molar-refractivity contribution is 6.30. The number of carbonyl (C=O) groups excluding carboxylic acids is 1. The zero-order chi connectivity index (χ0) is 22.9. The fourth-order valence-corrected chi connectivity index (χ4v) is 3.52. The standard InChI is InChI=1S/C26H29ClN2O3/c1-18(2)12-25(30)29-23-11-7-10-22(15-23)28-16-20-13-21(27)14-24(31-3)26(20)32-17-19-8-5-4-6-9-19/h4-11,13-15,18,28H,12,16-17H2,1-3H3,(H,29,30). The van der Waals surface area contributed by atoms with Crippen LogP contribution in [0.5, 0.6) is 11.5 Å². The van der Waals surface area contributed by atoms with Gasteiger partial charge in [-0.3, -0.25) is 4.79 Å². The summed E-state index contributed by atoms with van der Waals surface area (Å²) in [5.74, 6) is 1.55. The van der Waals surface area contributed by atoms with E-state index in [-0.39, 0.29) is 5.91 Å². The van der Waals surface area contributed by atoms with Gasteiger partial charge in [-0.25, -0.2) is 0 Å². The smallest absolute Gasteiger partial charge is 0.224 e. The summed E-state index contributed by atoms with van der Waals surface area (Å²) in [5, 5.41) is 6.90. The van der Waals surface area contributed by atoms with E-state index < -0.39 is 0 Å². The molecule has 1 amide bonds. The maximum Gasteiger partial charge on any atom is 0.224 e. The topological polar surface area (TPSA) is 59.6 Å². The molecule has 0 aliphatic heterocycles. The summed E-state index contributed by atoms with van der Waals surface area (Å²) in [5.41, 5.74) is 3.57. The molecule has 0 aromatic heterocycles. The third-order valence-electron chi connectivity index (χ3n) is 4.77. The molecule has 0 saturated carbocycles. The van der Waals surface area contributed by atoms with E-state index in [1.165, 1.54) is 0 Å². The molecule has 0 radical (unpaired) electrons. The van der Waals surface area contributed by atoms with E-state index >= 15 is 0 Å². The van der Waals surface area contributed by atoms with Gasteiger partial charge in [0.15, 0.2) is 11.5 Å². The molecule has 0 aliphatic carbocycles. The minimum Gasteiger partial charge on any atom is -0.493 e. The van der Waals surface area contributed by atoms with Gasteiger partial charge in [0.05, 0.1) is 7.11 Å². The van der Waals surface area contributed by atoms with Gasteiger partial charge in [0.2, 0.25) is 5.91 Å². The second kappa shape index (κ2) is 11.4. The molecular weight excluding hydrogens is 424 g/mol. The highest BCUT2D eigenvalue weighted by atomic mass is 35.5. The molecule has 5 nitrogen and oxygen atoms in total. The molecule has 0 spiro atoms. The zero-order valence-electron chi connectivity index (χ0n) is 18.7. The van der Waals surface area contributed by atoms with Crippen LogP contribution in [0, 0.1) is 5.92 Å². The fraction of sp³-hybridized carbons (Fsp3) is 0.269. The Bertz CT molecular complexity index is 1040. The number of nitrogens with one attached hydrogen (secondary N) is 2. The van der Waals surface area contributed by atoms with Crippen molar-refractivity contribution < 1.29 is 14.3 Å². The van der Waals surface area contributed by atoms with Crippen LogP contribution < -0.4 is 20.1 Å². The Morgan fingerprint density at radius 3 is 2.47 bits per heavy atom. The molecule has 2 N–H and O–H groups in total. The predicted octanol–water partition coefficient (Wildman–Crippen LogP) is 6.52. The molecule has 168 valence electrons. The van der Waals surface area contributed by atoms with Crippen molar-refractivity contribution in [3.05, 3.63) is 82.9 Å². The van der Waals surface area contributed by atoms with Gasteiger partial charge in [0.1, 0.15) is 6.61 Å². The van der Waals surface area contributed by atoms with Crippen molar-refractivity contribution in [3.63, 3.8) is 0 Å². The van der Waals surface area contributed by atoms with Crippen LogP contribution >= 0.6 is 11.6 Å². The van der Waals surface area contributed by atoms with Gasteiger partial charge in [-0.15, -0.1) is 0 Å². The predicted molar refractivity (Wildman–Crippen MR) is 131 cm³/mol. The second-order valence-corrected chi connectivity index (χ2v) is 8.39. The first-order chi connectivity index (χ1) is 15.4. The number of halogens is 1. The van der Waals surface area contributed by atoms with Crippen molar-refractivity contribution in [2.45, 2.75) is 33.4 Å². The average Bonchev–Trinajstić information content (AvgIpc) is 2.76. The Hall–Kier alpha value is -3.18. The summed E-state index contributed by atoms with van der Waals surface area (Å²) in [4.78, 5) is 12.1. The molecule has 0 aliphatic rings. The van der Waals surface area contributed by atoms with E-state index in [2.05, 4.69) is 10.6 Å². The molecule has 0 atom stereocenters. The first-order valence-electron chi connectivity index (χ1n) is 10.6. The van der Waals surface area contributed by atoms with Gasteiger partial charge >= 0.3 is 0 Å². The zero-order valence-corrected chi connectivity index (χ0v) is 19.4. The van der Waals surface area contributed by atoms with Crippen LogP contribution in [0.1, 0.15) is 31.4 Å². The fourth-order valence-electron chi connectivity index (χ4n) is 3.29. The van der Waals surface area contributed by atoms with Gasteiger partial charge in [-0.05, 0) is 35.7 Å². The molecule has 32 heavy (non-hydrogen) atoms. The number of rotatable bonds is 10. The first kappa shape index (κ1) is 23.5. The van der Waals surface area contributed by atoms with Crippen LogP contribution in [0.3, 0.4) is 0 Å². The number of hydrogen-bond acceptors (Lipinski definition) is 4. The maximum absolute atomic E-state index is 12.1. The van der Waals surface area contributed by atoms with Crippen LogP contribution in [0.4, 0.5) is 11.4 Å². The Labute approximate surface area is 194 Å². The number of methoxy groups -OCH3 is 1. The van der Waals surface area contributed by atoms with Gasteiger partial charge in [0, 0.05) is 41.0 Å². The molecule has 0 heterocycles. The van der Waals surface area contributed by atoms with Gasteiger partial charge in [-0.1, -0.05) is 61.8 Å². The summed E-state index contributed by atoms with van der Waals surface area (Å²) in [6, 6.07) is 21.2. The summed E-state index contributed by atoms with van der Waals surface area (Å²) in [7, 11) is 1.60. The van der Waals surface area contributed by atoms with E-state index in [1.807, 2.05) is 74.5 Å². The van der Waals surface area contributed by atoms with Gasteiger partial charge in [-0.2, -0.15) is 0 Å². The lowest BCUT2D eigenvalue weighted by molar-refractivity contribution is -0.116. The Morgan fingerprint density at radius 1 is 1.00 bits per heavy atom. The van der Waals surface area contributed by atoms with Crippen LogP contribution in [-0.4, -0.2) is 13.0 Å². The van der Waals surface area contributed by atoms with E-state index in [0.717, 1.165) is 22.5 Å². The molecule has 3 rings (SSSR count). The van der Waals surface area contributed by atoms with Crippen molar-refractivity contribution in [1.29, 1.82) is 0 Å². The van der Waals surface area contributed by atoms with Crippen LogP contribution in [-0.2, 0) is 17.9 Å². The Kier molecular flexibility index (Phi) is 8.40. The van der Waals surface area contributed by atoms with Crippen LogP contribution in [0.2, 0.25) is 5.02 Å². The molecule has 0 fully saturated rings. The van der Waals surface area contributed by atoms with Crippen LogP contribution in [0.15, 0.2) is 66.7 Å². The summed E-state index contributed by atoms with van der Waals surface area (Å²) >= 11 is 6.31. The largest absolute Gasteiger partial charge is 0.493 e. The number of carbonyl (C=O) groups is 1. The highest BCUT2D eigenvalue weighted by Crippen LogP contribution is 2.36. The van der Waals surface area contributed by atoms with E-state index in [0.29, 0.717) is 42.0 Å². The lowest BCUT2D eigenvalue weighted by Gasteiger charge is -2.17. The molecule has 3 aromatic rings. The normalized spacial score (nSPS) is 10.7. The van der Waals surface area contributed by atoms with Crippen molar-refractivity contribution >= 4 is 28.9 Å². The third kappa shape index (κ3) is 6.92. The van der Waals surface area contributed by atoms with Gasteiger partial charge in [0.25, 0.3) is 0 Å². The monoisotopic (exact) mass is 452 g/mol. The lowest BCUT2D eigenvalue weighted by atomic mass is 10.1. The van der Waals surface area contributed by atoms with E-state index in [4.69, 9.17) is 21.1 Å². The molecule has 0 bridgehead atoms. The minimum atomic E-state index is 0.00771. The van der Waals surface area contributed by atoms with Crippen molar-refractivity contribution in [2.24, 2.45) is 5.92 Å². The second-order valence-electron chi connectivity index (χ2n) is 7.95. The average molecular weight is 453 g/mol. The first-order valence-corrected chi connectivity index (χ1v) is 11.0. The minimum absolute atomic E-state index is 0.00771. The molecule has 0 saturated heterocycles. The maximum atomic E-state index is 12.1. The molecule has 3 aromatic carbocycles. The number of anilines is 2. The van der Waals surface area contributed by atoms with E-state index in [9.17, 15) is 4.79 Å². The third-order valence-corrected chi connectivity index (χ3v) is 4.98. The number of amides is 1. The molecular formula is C26H29ClN2O3. The Morgan fingerprint density at radius 2 is 1.75 bits per heavy atom. The van der Waals surface area contributed by atoms with Gasteiger partial charge < -0.3 is 20.1 Å². The Balaban J connectivity index is 1.73. The van der Waals surface area contributed by atoms with Crippen LogP contribution in [0.25, 0.3) is 0 Å². The lowest BCUT2D eigenvalue weighted by Crippen LogP contribution is -2.14. The number of hydrogen-bond donors (Lipinski definition) is 2. The SMILES string of the molecule is COc1cc(Cl)cc(CNc2cccc(NC(=O)CC(C)C)c2)c1OCc1ccccc1. The number of benzene rings is 3. The quantitative estimate of drug-likeness (QED) is 0.367. The molecule has 6 heteroatoms. The summed E-state index contributed by atoms with van der Waals surface area (Å²) in [6.45, 7) is 4.94. The summed E-state index contributed by atoms with van der Waals surface area (Å²) in [6.07, 6.45) is 0.488.